The molecule has 1 N–H and O–H groups in total. The fraction of sp³-hybridized carbons (Fsp3) is 0.600. The van der Waals surface area contributed by atoms with Gasteiger partial charge in [0.2, 0.25) is 0 Å². The van der Waals surface area contributed by atoms with Gasteiger partial charge in [0.15, 0.2) is 0 Å². The molecule has 6 heteroatoms. The third kappa shape index (κ3) is 3.51. The van der Waals surface area contributed by atoms with Crippen molar-refractivity contribution in [2.75, 3.05) is 44.8 Å². The zero-order valence-corrected chi connectivity index (χ0v) is 12.1. The molecular formula is C15H21N3O3. The van der Waals surface area contributed by atoms with Crippen molar-refractivity contribution in [1.29, 1.82) is 0 Å². The molecule has 0 bridgehead atoms. The number of carbonyl (C=O) groups is 1. The van der Waals surface area contributed by atoms with Gasteiger partial charge in [-0.15, -0.1) is 0 Å². The summed E-state index contributed by atoms with van der Waals surface area (Å²) in [6, 6.07) is 3.62. The normalized spacial score (nSPS) is 22.3. The van der Waals surface area contributed by atoms with E-state index in [2.05, 4.69) is 10.3 Å². The molecule has 0 aliphatic carbocycles. The van der Waals surface area contributed by atoms with Crippen LogP contribution in [0.2, 0.25) is 0 Å². The molecule has 1 amide bonds. The summed E-state index contributed by atoms with van der Waals surface area (Å²) in [5.74, 6) is 0.658. The summed E-state index contributed by atoms with van der Waals surface area (Å²) in [4.78, 5) is 18.7. The molecule has 3 heterocycles. The lowest BCUT2D eigenvalue weighted by Gasteiger charge is -2.27. The average Bonchev–Trinajstić information content (AvgIpc) is 3.07. The molecule has 1 aromatic rings. The van der Waals surface area contributed by atoms with Crippen molar-refractivity contribution >= 4 is 11.7 Å². The number of morpholine rings is 1. The van der Waals surface area contributed by atoms with Crippen LogP contribution in [0.15, 0.2) is 18.3 Å². The Hall–Kier alpha value is -1.66. The lowest BCUT2D eigenvalue weighted by atomic mass is 10.2. The fourth-order valence-electron chi connectivity index (χ4n) is 2.67. The van der Waals surface area contributed by atoms with Crippen LogP contribution in [-0.2, 0) is 9.47 Å². The van der Waals surface area contributed by atoms with E-state index in [1.54, 1.807) is 12.3 Å². The number of hydrogen-bond donors (Lipinski definition) is 1. The van der Waals surface area contributed by atoms with Gasteiger partial charge in [-0.1, -0.05) is 0 Å². The van der Waals surface area contributed by atoms with Gasteiger partial charge in [-0.3, -0.25) is 4.79 Å². The van der Waals surface area contributed by atoms with Crippen LogP contribution in [0.25, 0.3) is 0 Å². The second kappa shape index (κ2) is 6.87. The van der Waals surface area contributed by atoms with E-state index >= 15 is 0 Å². The number of ether oxygens (including phenoxy) is 2. The summed E-state index contributed by atoms with van der Waals surface area (Å²) >= 11 is 0. The maximum Gasteiger partial charge on any atom is 0.257 e. The summed E-state index contributed by atoms with van der Waals surface area (Å²) < 4.78 is 10.9. The Balaban J connectivity index is 1.67. The Morgan fingerprint density at radius 2 is 2.24 bits per heavy atom. The number of nitrogens with zero attached hydrogens (tertiary/aromatic N) is 2. The van der Waals surface area contributed by atoms with Crippen LogP contribution >= 0.6 is 0 Å². The number of hydrogen-bond acceptors (Lipinski definition) is 5. The van der Waals surface area contributed by atoms with E-state index in [9.17, 15) is 4.79 Å². The number of nitrogens with one attached hydrogen (secondary N) is 1. The predicted octanol–water partition coefficient (Wildman–Crippen LogP) is 1.14. The van der Waals surface area contributed by atoms with Crippen LogP contribution < -0.4 is 5.32 Å². The maximum atomic E-state index is 12.6. The van der Waals surface area contributed by atoms with Crippen LogP contribution in [0.4, 0.5) is 5.82 Å². The van der Waals surface area contributed by atoms with E-state index < -0.39 is 0 Å². The lowest BCUT2D eigenvalue weighted by molar-refractivity contribution is 0.0303. The van der Waals surface area contributed by atoms with Gasteiger partial charge in [-0.2, -0.15) is 0 Å². The SMILES string of the molecule is O=C(c1cccnc1NCC1CCCO1)N1CCOCC1. The van der Waals surface area contributed by atoms with Crippen LogP contribution in [0, 0.1) is 0 Å². The highest BCUT2D eigenvalue weighted by Crippen LogP contribution is 2.17. The molecule has 0 radical (unpaired) electrons. The molecule has 2 aliphatic rings. The third-order valence-electron chi connectivity index (χ3n) is 3.86. The van der Waals surface area contributed by atoms with Crippen molar-refractivity contribution in [3.05, 3.63) is 23.9 Å². The minimum absolute atomic E-state index is 0.0150. The van der Waals surface area contributed by atoms with Crippen LogP contribution in [0.5, 0.6) is 0 Å². The molecule has 2 aliphatic heterocycles. The van der Waals surface area contributed by atoms with Crippen molar-refractivity contribution in [1.82, 2.24) is 9.88 Å². The Labute approximate surface area is 124 Å². The molecule has 1 unspecified atom stereocenters. The van der Waals surface area contributed by atoms with Gasteiger partial charge in [-0.25, -0.2) is 4.98 Å². The van der Waals surface area contributed by atoms with Gasteiger partial charge < -0.3 is 19.7 Å². The maximum absolute atomic E-state index is 12.6. The summed E-state index contributed by atoms with van der Waals surface area (Å²) in [5, 5.41) is 3.26. The molecule has 0 aromatic carbocycles. The third-order valence-corrected chi connectivity index (χ3v) is 3.86. The van der Waals surface area contributed by atoms with E-state index in [0.29, 0.717) is 44.2 Å². The van der Waals surface area contributed by atoms with Crippen molar-refractivity contribution in [3.63, 3.8) is 0 Å². The first-order valence-corrected chi connectivity index (χ1v) is 7.52. The van der Waals surface area contributed by atoms with E-state index in [0.717, 1.165) is 19.4 Å². The minimum Gasteiger partial charge on any atom is -0.378 e. The Bertz CT molecular complexity index is 483. The summed E-state index contributed by atoms with van der Waals surface area (Å²) in [7, 11) is 0. The number of aromatic nitrogens is 1. The molecule has 1 atom stereocenters. The first-order chi connectivity index (χ1) is 10.3. The number of pyridine rings is 1. The number of rotatable bonds is 4. The van der Waals surface area contributed by atoms with Gasteiger partial charge in [0.1, 0.15) is 5.82 Å². The number of carbonyl (C=O) groups excluding carboxylic acids is 1. The summed E-state index contributed by atoms with van der Waals surface area (Å²) in [6.07, 6.45) is 4.09. The number of anilines is 1. The summed E-state index contributed by atoms with van der Waals surface area (Å²) in [6.45, 7) is 4.00. The van der Waals surface area contributed by atoms with Crippen LogP contribution in [-0.4, -0.2) is 61.3 Å². The molecule has 1 aromatic heterocycles. The molecule has 0 spiro atoms. The molecular weight excluding hydrogens is 270 g/mol. The first kappa shape index (κ1) is 14.3. The fourth-order valence-corrected chi connectivity index (χ4v) is 2.67. The quantitative estimate of drug-likeness (QED) is 0.901. The monoisotopic (exact) mass is 291 g/mol. The zero-order chi connectivity index (χ0) is 14.5. The molecule has 0 saturated carbocycles. The Kier molecular flexibility index (Phi) is 4.67. The van der Waals surface area contributed by atoms with E-state index in [1.807, 2.05) is 11.0 Å². The van der Waals surface area contributed by atoms with Crippen molar-refractivity contribution in [2.24, 2.45) is 0 Å². The average molecular weight is 291 g/mol. The summed E-state index contributed by atoms with van der Waals surface area (Å²) in [5.41, 5.74) is 0.623. The van der Waals surface area contributed by atoms with Crippen molar-refractivity contribution in [3.8, 4) is 0 Å². The standard InChI is InChI=1S/C15H21N3O3/c19-15(18-6-9-20-10-7-18)13-4-1-5-16-14(13)17-11-12-3-2-8-21-12/h1,4-5,12H,2-3,6-11H2,(H,16,17). The van der Waals surface area contributed by atoms with Gasteiger partial charge in [0.25, 0.3) is 5.91 Å². The van der Waals surface area contributed by atoms with Crippen LogP contribution in [0.1, 0.15) is 23.2 Å². The topological polar surface area (TPSA) is 63.7 Å². The van der Waals surface area contributed by atoms with Gasteiger partial charge in [0, 0.05) is 32.4 Å². The first-order valence-electron chi connectivity index (χ1n) is 7.52. The van der Waals surface area contributed by atoms with Crippen LogP contribution in [0.3, 0.4) is 0 Å². The molecule has 21 heavy (non-hydrogen) atoms. The number of amides is 1. The molecule has 6 nitrogen and oxygen atoms in total. The highest BCUT2D eigenvalue weighted by atomic mass is 16.5. The Morgan fingerprint density at radius 3 is 3.00 bits per heavy atom. The second-order valence-electron chi connectivity index (χ2n) is 5.32. The lowest BCUT2D eigenvalue weighted by Crippen LogP contribution is -2.41. The second-order valence-corrected chi connectivity index (χ2v) is 5.32. The van der Waals surface area contributed by atoms with Crippen molar-refractivity contribution in [2.45, 2.75) is 18.9 Å². The zero-order valence-electron chi connectivity index (χ0n) is 12.1. The van der Waals surface area contributed by atoms with Gasteiger partial charge >= 0.3 is 0 Å². The highest BCUT2D eigenvalue weighted by Gasteiger charge is 2.22. The molecule has 2 saturated heterocycles. The van der Waals surface area contributed by atoms with Crippen molar-refractivity contribution < 1.29 is 14.3 Å². The predicted molar refractivity (Wildman–Crippen MR) is 78.4 cm³/mol. The minimum atomic E-state index is 0.0150. The Morgan fingerprint density at radius 1 is 1.38 bits per heavy atom. The molecule has 3 rings (SSSR count). The van der Waals surface area contributed by atoms with E-state index in [-0.39, 0.29) is 12.0 Å². The largest absolute Gasteiger partial charge is 0.378 e. The van der Waals surface area contributed by atoms with Gasteiger partial charge in [0.05, 0.1) is 24.9 Å². The van der Waals surface area contributed by atoms with E-state index in [4.69, 9.17) is 9.47 Å². The highest BCUT2D eigenvalue weighted by molar-refractivity contribution is 5.98. The van der Waals surface area contributed by atoms with Gasteiger partial charge in [-0.05, 0) is 25.0 Å². The smallest absolute Gasteiger partial charge is 0.257 e. The molecule has 2 fully saturated rings. The molecule has 114 valence electrons. The van der Waals surface area contributed by atoms with E-state index in [1.165, 1.54) is 0 Å².